The fraction of sp³-hybridized carbons (Fsp3) is 0.375. The number of nitrogens with one attached hydrogen (secondary N) is 1. The first-order valence-corrected chi connectivity index (χ1v) is 7.16. The van der Waals surface area contributed by atoms with Gasteiger partial charge < -0.3 is 14.5 Å². The number of furan rings is 1. The number of methoxy groups -OCH3 is 1. The molecule has 1 atom stereocenters. The number of hydrogen-bond acceptors (Lipinski definition) is 3. The molecule has 0 amide bonds. The molecule has 0 radical (unpaired) electrons. The van der Waals surface area contributed by atoms with Crippen LogP contribution in [0, 0.1) is 6.92 Å². The van der Waals surface area contributed by atoms with Crippen LogP contribution in [0.1, 0.15) is 36.3 Å². The summed E-state index contributed by atoms with van der Waals surface area (Å²) in [6.07, 6.45) is 2.75. The maximum absolute atomic E-state index is 6.14. The summed E-state index contributed by atoms with van der Waals surface area (Å²) in [5.74, 6) is 1.71. The summed E-state index contributed by atoms with van der Waals surface area (Å²) < 4.78 is 11.1. The van der Waals surface area contributed by atoms with E-state index in [1.807, 2.05) is 31.2 Å². The third-order valence-electron chi connectivity index (χ3n) is 3.27. The van der Waals surface area contributed by atoms with Gasteiger partial charge in [-0.25, -0.2) is 0 Å². The zero-order valence-corrected chi connectivity index (χ0v) is 12.8. The molecule has 1 N–H and O–H groups in total. The maximum Gasteiger partial charge on any atom is 0.128 e. The van der Waals surface area contributed by atoms with Crippen LogP contribution < -0.4 is 10.1 Å². The highest BCUT2D eigenvalue weighted by atomic mass is 35.5. The average Bonchev–Trinajstić information content (AvgIpc) is 2.86. The van der Waals surface area contributed by atoms with E-state index >= 15 is 0 Å². The van der Waals surface area contributed by atoms with Gasteiger partial charge in [-0.1, -0.05) is 18.5 Å². The molecule has 1 unspecified atom stereocenters. The highest BCUT2D eigenvalue weighted by molar-refractivity contribution is 6.30. The first kappa shape index (κ1) is 14.9. The fourth-order valence-corrected chi connectivity index (χ4v) is 2.42. The van der Waals surface area contributed by atoms with Gasteiger partial charge in [-0.05, 0) is 49.7 Å². The molecule has 4 heteroatoms. The molecule has 0 aliphatic heterocycles. The first-order chi connectivity index (χ1) is 9.67. The Morgan fingerprint density at radius 1 is 1.35 bits per heavy atom. The number of aryl methyl sites for hydroxylation is 1. The third-order valence-corrected chi connectivity index (χ3v) is 3.50. The van der Waals surface area contributed by atoms with E-state index in [0.717, 1.165) is 35.6 Å². The Labute approximate surface area is 124 Å². The van der Waals surface area contributed by atoms with E-state index in [0.29, 0.717) is 5.02 Å². The van der Waals surface area contributed by atoms with Crippen molar-refractivity contribution in [3.05, 3.63) is 52.4 Å². The SMILES string of the molecule is CCCNC(c1cc(Cl)ccc1OC)c1occc1C. The van der Waals surface area contributed by atoms with E-state index in [1.165, 1.54) is 0 Å². The van der Waals surface area contributed by atoms with Gasteiger partial charge in [-0.3, -0.25) is 0 Å². The smallest absolute Gasteiger partial charge is 0.128 e. The highest BCUT2D eigenvalue weighted by Gasteiger charge is 2.22. The van der Waals surface area contributed by atoms with Gasteiger partial charge in [-0.2, -0.15) is 0 Å². The Kier molecular flexibility index (Phi) is 5.10. The molecule has 0 fully saturated rings. The maximum atomic E-state index is 6.14. The van der Waals surface area contributed by atoms with Crippen LogP contribution in [-0.4, -0.2) is 13.7 Å². The molecule has 0 saturated carbocycles. The van der Waals surface area contributed by atoms with Gasteiger partial charge in [0.05, 0.1) is 19.4 Å². The van der Waals surface area contributed by atoms with Gasteiger partial charge >= 0.3 is 0 Å². The standard InChI is InChI=1S/C16H20ClNO2/c1-4-8-18-15(16-11(2)7-9-20-16)13-10-12(17)5-6-14(13)19-3/h5-7,9-10,15,18H,4,8H2,1-3H3. The molecule has 0 bridgehead atoms. The van der Waals surface area contributed by atoms with Gasteiger partial charge in [0.25, 0.3) is 0 Å². The lowest BCUT2D eigenvalue weighted by atomic mass is 10.0. The molecule has 108 valence electrons. The highest BCUT2D eigenvalue weighted by Crippen LogP contribution is 2.34. The monoisotopic (exact) mass is 293 g/mol. The number of ether oxygens (including phenoxy) is 1. The van der Waals surface area contributed by atoms with Gasteiger partial charge in [0.15, 0.2) is 0 Å². The van der Waals surface area contributed by atoms with Crippen LogP contribution in [0.15, 0.2) is 34.9 Å². The molecule has 20 heavy (non-hydrogen) atoms. The van der Waals surface area contributed by atoms with Crippen LogP contribution in [0.4, 0.5) is 0 Å². The van der Waals surface area contributed by atoms with Gasteiger partial charge in [-0.15, -0.1) is 0 Å². The van der Waals surface area contributed by atoms with E-state index in [9.17, 15) is 0 Å². The molecule has 0 aliphatic rings. The number of rotatable bonds is 6. The van der Waals surface area contributed by atoms with Crippen molar-refractivity contribution in [2.24, 2.45) is 0 Å². The summed E-state index contributed by atoms with van der Waals surface area (Å²) >= 11 is 6.14. The molecule has 1 heterocycles. The van der Waals surface area contributed by atoms with E-state index in [4.69, 9.17) is 20.8 Å². The van der Waals surface area contributed by atoms with Gasteiger partial charge in [0.2, 0.25) is 0 Å². The summed E-state index contributed by atoms with van der Waals surface area (Å²) in [7, 11) is 1.67. The Morgan fingerprint density at radius 2 is 2.15 bits per heavy atom. The molecule has 0 aliphatic carbocycles. The summed E-state index contributed by atoms with van der Waals surface area (Å²) in [6.45, 7) is 5.06. The van der Waals surface area contributed by atoms with E-state index in [-0.39, 0.29) is 6.04 Å². The van der Waals surface area contributed by atoms with Crippen molar-refractivity contribution in [3.63, 3.8) is 0 Å². The average molecular weight is 294 g/mol. The second-order valence-electron chi connectivity index (χ2n) is 4.74. The van der Waals surface area contributed by atoms with Crippen LogP contribution in [0.2, 0.25) is 5.02 Å². The van der Waals surface area contributed by atoms with Crippen LogP contribution in [-0.2, 0) is 0 Å². The zero-order chi connectivity index (χ0) is 14.5. The van der Waals surface area contributed by atoms with Crippen molar-refractivity contribution >= 4 is 11.6 Å². The minimum Gasteiger partial charge on any atom is -0.496 e. The predicted octanol–water partition coefficient (Wildman–Crippen LogP) is 4.34. The summed E-state index contributed by atoms with van der Waals surface area (Å²) in [6, 6.07) is 7.55. The second-order valence-corrected chi connectivity index (χ2v) is 5.18. The molecule has 1 aromatic carbocycles. The fourth-order valence-electron chi connectivity index (χ4n) is 2.24. The van der Waals surface area contributed by atoms with E-state index < -0.39 is 0 Å². The molecule has 3 nitrogen and oxygen atoms in total. The third kappa shape index (κ3) is 3.17. The minimum atomic E-state index is -0.0569. The molecule has 2 aromatic rings. The summed E-state index contributed by atoms with van der Waals surface area (Å²) in [5.41, 5.74) is 2.10. The molecule has 0 spiro atoms. The van der Waals surface area contributed by atoms with Crippen molar-refractivity contribution in [2.75, 3.05) is 13.7 Å². The quantitative estimate of drug-likeness (QED) is 0.860. The Morgan fingerprint density at radius 3 is 2.75 bits per heavy atom. The second kappa shape index (κ2) is 6.82. The van der Waals surface area contributed by atoms with Crippen molar-refractivity contribution in [1.82, 2.24) is 5.32 Å². The predicted molar refractivity (Wildman–Crippen MR) is 81.6 cm³/mol. The lowest BCUT2D eigenvalue weighted by Gasteiger charge is -2.20. The van der Waals surface area contributed by atoms with Crippen LogP contribution in [0.5, 0.6) is 5.75 Å². The van der Waals surface area contributed by atoms with Crippen molar-refractivity contribution in [1.29, 1.82) is 0 Å². The van der Waals surface area contributed by atoms with Crippen molar-refractivity contribution in [2.45, 2.75) is 26.3 Å². The number of benzene rings is 1. The molecular weight excluding hydrogens is 274 g/mol. The number of hydrogen-bond donors (Lipinski definition) is 1. The summed E-state index contributed by atoms with van der Waals surface area (Å²) in [5, 5.41) is 4.19. The van der Waals surface area contributed by atoms with Gasteiger partial charge in [0.1, 0.15) is 11.5 Å². The normalized spacial score (nSPS) is 12.4. The largest absolute Gasteiger partial charge is 0.496 e. The minimum absolute atomic E-state index is 0.0569. The molecule has 0 saturated heterocycles. The van der Waals surface area contributed by atoms with Crippen LogP contribution in [0.25, 0.3) is 0 Å². The molecule has 1 aromatic heterocycles. The molecular formula is C16H20ClNO2. The van der Waals surface area contributed by atoms with Crippen molar-refractivity contribution in [3.8, 4) is 5.75 Å². The number of halogens is 1. The van der Waals surface area contributed by atoms with Crippen LogP contribution in [0.3, 0.4) is 0 Å². The van der Waals surface area contributed by atoms with E-state index in [1.54, 1.807) is 13.4 Å². The Bertz CT molecular complexity index is 565. The Hall–Kier alpha value is -1.45. The van der Waals surface area contributed by atoms with Crippen molar-refractivity contribution < 1.29 is 9.15 Å². The topological polar surface area (TPSA) is 34.4 Å². The summed E-state index contributed by atoms with van der Waals surface area (Å²) in [4.78, 5) is 0. The molecule has 2 rings (SSSR count). The zero-order valence-electron chi connectivity index (χ0n) is 12.1. The van der Waals surface area contributed by atoms with Gasteiger partial charge in [0, 0.05) is 10.6 Å². The lowest BCUT2D eigenvalue weighted by molar-refractivity contribution is 0.391. The van der Waals surface area contributed by atoms with Crippen LogP contribution >= 0.6 is 11.6 Å². The first-order valence-electron chi connectivity index (χ1n) is 6.78. The van der Waals surface area contributed by atoms with E-state index in [2.05, 4.69) is 12.2 Å². The Balaban J connectivity index is 2.46. The lowest BCUT2D eigenvalue weighted by Crippen LogP contribution is -2.24.